The van der Waals surface area contributed by atoms with Gasteiger partial charge in [0.2, 0.25) is 0 Å². The molecule has 0 aromatic heterocycles. The Morgan fingerprint density at radius 3 is 2.52 bits per heavy atom. The first-order valence-electron chi connectivity index (χ1n) is 7.62. The second kappa shape index (κ2) is 6.02. The average molecular weight is 292 g/mol. The summed E-state index contributed by atoms with van der Waals surface area (Å²) in [5.74, 6) is 0.0478. The first-order valence-corrected chi connectivity index (χ1v) is 7.62. The number of hydrogen-bond donors (Lipinski definition) is 2. The fourth-order valence-corrected chi connectivity index (χ4v) is 3.12. The number of carbonyl (C=O) groups excluding carboxylic acids is 1. The standard InChI is InChI=1S/C16H21FN2O2/c17-13-7-5-11(6-8-13)12-9-19(10-12)16(21)18-14-3-1-2-4-15(14)20/h5-8,12,14-15,20H,1-4,9-10H2,(H,18,21). The Balaban J connectivity index is 1.49. The van der Waals surface area contributed by atoms with Gasteiger partial charge in [0.1, 0.15) is 5.82 Å². The Hall–Kier alpha value is -1.62. The van der Waals surface area contributed by atoms with Crippen molar-refractivity contribution in [2.75, 3.05) is 13.1 Å². The average Bonchev–Trinajstić information content (AvgIpc) is 2.42. The van der Waals surface area contributed by atoms with Gasteiger partial charge in [0.05, 0.1) is 12.1 Å². The van der Waals surface area contributed by atoms with Crippen molar-refractivity contribution in [2.24, 2.45) is 0 Å². The summed E-state index contributed by atoms with van der Waals surface area (Å²) in [5.41, 5.74) is 1.07. The van der Waals surface area contributed by atoms with Crippen LogP contribution in [0.4, 0.5) is 9.18 Å². The topological polar surface area (TPSA) is 52.6 Å². The van der Waals surface area contributed by atoms with Crippen LogP contribution in [0, 0.1) is 5.82 Å². The van der Waals surface area contributed by atoms with E-state index >= 15 is 0 Å². The fraction of sp³-hybridized carbons (Fsp3) is 0.562. The molecule has 2 amide bonds. The Morgan fingerprint density at radius 1 is 1.19 bits per heavy atom. The van der Waals surface area contributed by atoms with Gasteiger partial charge in [-0.3, -0.25) is 0 Å². The van der Waals surface area contributed by atoms with E-state index in [4.69, 9.17) is 0 Å². The van der Waals surface area contributed by atoms with E-state index in [2.05, 4.69) is 5.32 Å². The molecule has 0 radical (unpaired) electrons. The van der Waals surface area contributed by atoms with Gasteiger partial charge in [0, 0.05) is 19.0 Å². The van der Waals surface area contributed by atoms with Crippen molar-refractivity contribution >= 4 is 6.03 Å². The van der Waals surface area contributed by atoms with E-state index in [0.717, 1.165) is 31.2 Å². The molecule has 1 aliphatic carbocycles. The number of urea groups is 1. The van der Waals surface area contributed by atoms with Crippen LogP contribution in [0.2, 0.25) is 0 Å². The highest BCUT2D eigenvalue weighted by atomic mass is 19.1. The zero-order chi connectivity index (χ0) is 14.8. The maximum absolute atomic E-state index is 12.9. The minimum atomic E-state index is -0.420. The summed E-state index contributed by atoms with van der Waals surface area (Å²) in [4.78, 5) is 13.9. The highest BCUT2D eigenvalue weighted by Crippen LogP contribution is 2.27. The van der Waals surface area contributed by atoms with Gasteiger partial charge >= 0.3 is 6.03 Å². The molecule has 1 aliphatic heterocycles. The number of carbonyl (C=O) groups is 1. The third-order valence-corrected chi connectivity index (χ3v) is 4.55. The van der Waals surface area contributed by atoms with Gasteiger partial charge in [-0.1, -0.05) is 25.0 Å². The van der Waals surface area contributed by atoms with Crippen LogP contribution in [0.3, 0.4) is 0 Å². The van der Waals surface area contributed by atoms with Crippen molar-refractivity contribution in [2.45, 2.75) is 43.7 Å². The van der Waals surface area contributed by atoms with Gasteiger partial charge in [-0.05, 0) is 30.5 Å². The largest absolute Gasteiger partial charge is 0.391 e. The summed E-state index contributed by atoms with van der Waals surface area (Å²) < 4.78 is 12.9. The number of aliphatic hydroxyl groups is 1. The van der Waals surface area contributed by atoms with Gasteiger partial charge < -0.3 is 15.3 Å². The predicted molar refractivity (Wildman–Crippen MR) is 77.5 cm³/mol. The highest BCUT2D eigenvalue weighted by molar-refractivity contribution is 5.75. The minimum absolute atomic E-state index is 0.0979. The summed E-state index contributed by atoms with van der Waals surface area (Å²) >= 11 is 0. The molecule has 0 spiro atoms. The van der Waals surface area contributed by atoms with Crippen LogP contribution in [-0.4, -0.2) is 41.3 Å². The first-order chi connectivity index (χ1) is 10.1. The van der Waals surface area contributed by atoms with Gasteiger partial charge in [-0.15, -0.1) is 0 Å². The molecule has 21 heavy (non-hydrogen) atoms. The van der Waals surface area contributed by atoms with Crippen molar-refractivity contribution in [1.82, 2.24) is 10.2 Å². The van der Waals surface area contributed by atoms with E-state index in [0.29, 0.717) is 13.1 Å². The SMILES string of the molecule is O=C(NC1CCCCC1O)N1CC(c2ccc(F)cc2)C1. The summed E-state index contributed by atoms with van der Waals surface area (Å²) in [6, 6.07) is 6.25. The van der Waals surface area contributed by atoms with Crippen LogP contribution < -0.4 is 5.32 Å². The number of rotatable bonds is 2. The maximum Gasteiger partial charge on any atom is 0.317 e. The molecule has 2 unspecified atom stereocenters. The zero-order valence-electron chi connectivity index (χ0n) is 12.0. The molecule has 5 heteroatoms. The van der Waals surface area contributed by atoms with Crippen LogP contribution >= 0.6 is 0 Å². The first kappa shape index (κ1) is 14.3. The molecule has 2 aliphatic rings. The molecule has 1 aromatic rings. The zero-order valence-corrected chi connectivity index (χ0v) is 12.0. The number of benzene rings is 1. The van der Waals surface area contributed by atoms with E-state index in [9.17, 15) is 14.3 Å². The fourth-order valence-electron chi connectivity index (χ4n) is 3.12. The number of likely N-dealkylation sites (tertiary alicyclic amines) is 1. The molecule has 1 saturated carbocycles. The summed E-state index contributed by atoms with van der Waals surface area (Å²) in [5, 5.41) is 12.8. The molecule has 2 N–H and O–H groups in total. The highest BCUT2D eigenvalue weighted by Gasteiger charge is 2.34. The Kier molecular flexibility index (Phi) is 4.10. The molecular weight excluding hydrogens is 271 g/mol. The number of aliphatic hydroxyl groups excluding tert-OH is 1. The van der Waals surface area contributed by atoms with Gasteiger partial charge in [0.15, 0.2) is 0 Å². The Morgan fingerprint density at radius 2 is 1.86 bits per heavy atom. The van der Waals surface area contributed by atoms with Gasteiger partial charge in [-0.2, -0.15) is 0 Å². The number of nitrogens with one attached hydrogen (secondary N) is 1. The van der Waals surface area contributed by atoms with Crippen molar-refractivity contribution in [3.63, 3.8) is 0 Å². The molecule has 3 rings (SSSR count). The molecule has 2 fully saturated rings. The lowest BCUT2D eigenvalue weighted by atomic mass is 9.91. The lowest BCUT2D eigenvalue weighted by molar-refractivity contribution is 0.0839. The molecule has 114 valence electrons. The lowest BCUT2D eigenvalue weighted by Crippen LogP contribution is -2.56. The maximum atomic E-state index is 12.9. The third-order valence-electron chi connectivity index (χ3n) is 4.55. The Bertz CT molecular complexity index is 500. The van der Waals surface area contributed by atoms with Crippen molar-refractivity contribution in [1.29, 1.82) is 0 Å². The molecule has 1 aromatic carbocycles. The van der Waals surface area contributed by atoms with Crippen molar-refractivity contribution in [3.05, 3.63) is 35.6 Å². The lowest BCUT2D eigenvalue weighted by Gasteiger charge is -2.41. The molecule has 2 atom stereocenters. The monoisotopic (exact) mass is 292 g/mol. The van der Waals surface area contributed by atoms with Gasteiger partial charge in [-0.25, -0.2) is 9.18 Å². The van der Waals surface area contributed by atoms with E-state index in [-0.39, 0.29) is 23.8 Å². The number of hydrogen-bond acceptors (Lipinski definition) is 2. The molecule has 4 nitrogen and oxygen atoms in total. The van der Waals surface area contributed by atoms with Crippen molar-refractivity contribution in [3.8, 4) is 0 Å². The van der Waals surface area contributed by atoms with E-state index in [1.165, 1.54) is 12.1 Å². The second-order valence-electron chi connectivity index (χ2n) is 6.06. The number of amides is 2. The summed E-state index contributed by atoms with van der Waals surface area (Å²) in [7, 11) is 0. The van der Waals surface area contributed by atoms with E-state index in [1.54, 1.807) is 17.0 Å². The number of nitrogens with zero attached hydrogens (tertiary/aromatic N) is 1. The summed E-state index contributed by atoms with van der Waals surface area (Å²) in [6.07, 6.45) is 3.28. The van der Waals surface area contributed by atoms with Crippen molar-refractivity contribution < 1.29 is 14.3 Å². The third kappa shape index (κ3) is 3.18. The van der Waals surface area contributed by atoms with Crippen LogP contribution in [-0.2, 0) is 0 Å². The number of halogens is 1. The quantitative estimate of drug-likeness (QED) is 0.878. The smallest absolute Gasteiger partial charge is 0.317 e. The second-order valence-corrected chi connectivity index (χ2v) is 6.06. The van der Waals surface area contributed by atoms with E-state index in [1.807, 2.05) is 0 Å². The van der Waals surface area contributed by atoms with E-state index < -0.39 is 6.10 Å². The normalized spacial score (nSPS) is 26.3. The van der Waals surface area contributed by atoms with Crippen LogP contribution in [0.1, 0.15) is 37.2 Å². The summed E-state index contributed by atoms with van der Waals surface area (Å²) in [6.45, 7) is 1.31. The molecule has 1 heterocycles. The van der Waals surface area contributed by atoms with Crippen LogP contribution in [0.5, 0.6) is 0 Å². The van der Waals surface area contributed by atoms with Crippen LogP contribution in [0.15, 0.2) is 24.3 Å². The molecule has 1 saturated heterocycles. The van der Waals surface area contributed by atoms with Crippen LogP contribution in [0.25, 0.3) is 0 Å². The molecular formula is C16H21FN2O2. The minimum Gasteiger partial charge on any atom is -0.391 e. The predicted octanol–water partition coefficient (Wildman–Crippen LogP) is 2.24. The van der Waals surface area contributed by atoms with Gasteiger partial charge in [0.25, 0.3) is 0 Å². The Labute approximate surface area is 124 Å². The molecule has 0 bridgehead atoms.